The first-order valence-electron chi connectivity index (χ1n) is 7.20. The molecule has 1 aromatic heterocycles. The molecule has 6 heteroatoms. The molecule has 0 amide bonds. The molecule has 23 heavy (non-hydrogen) atoms. The van der Waals surface area contributed by atoms with Crippen molar-refractivity contribution in [1.82, 2.24) is 15.0 Å². The fourth-order valence-electron chi connectivity index (χ4n) is 2.41. The van der Waals surface area contributed by atoms with E-state index in [0.29, 0.717) is 6.54 Å². The van der Waals surface area contributed by atoms with Gasteiger partial charge in [0, 0.05) is 12.1 Å². The molecule has 0 saturated carbocycles. The number of hydrogen-bond donors (Lipinski definition) is 1. The van der Waals surface area contributed by atoms with Gasteiger partial charge in [-0.05, 0) is 36.4 Å². The fourth-order valence-corrected chi connectivity index (χ4v) is 2.41. The summed E-state index contributed by atoms with van der Waals surface area (Å²) in [6.07, 6.45) is 0. The van der Waals surface area contributed by atoms with Crippen molar-refractivity contribution in [2.45, 2.75) is 6.54 Å². The van der Waals surface area contributed by atoms with Gasteiger partial charge in [-0.25, -0.2) is 4.68 Å². The third kappa shape index (κ3) is 2.89. The molecule has 0 aliphatic rings. The molecule has 0 fully saturated rings. The number of nitrogens with zero attached hydrogens (tertiary/aromatic N) is 3. The van der Waals surface area contributed by atoms with Crippen molar-refractivity contribution in [1.29, 1.82) is 0 Å². The van der Waals surface area contributed by atoms with Crippen LogP contribution in [0.3, 0.4) is 0 Å². The van der Waals surface area contributed by atoms with Gasteiger partial charge >= 0.3 is 0 Å². The fraction of sp³-hybridized carbons (Fsp3) is 0.176. The maximum absolute atomic E-state index is 5.83. The van der Waals surface area contributed by atoms with Gasteiger partial charge in [0.1, 0.15) is 17.2 Å². The van der Waals surface area contributed by atoms with E-state index in [2.05, 4.69) is 10.3 Å². The lowest BCUT2D eigenvalue weighted by atomic mass is 10.1. The Morgan fingerprint density at radius 1 is 1.00 bits per heavy atom. The molecule has 0 aliphatic heterocycles. The van der Waals surface area contributed by atoms with Gasteiger partial charge < -0.3 is 15.2 Å². The predicted molar refractivity (Wildman–Crippen MR) is 87.8 cm³/mol. The van der Waals surface area contributed by atoms with E-state index < -0.39 is 0 Å². The highest BCUT2D eigenvalue weighted by Gasteiger charge is 2.16. The van der Waals surface area contributed by atoms with Crippen molar-refractivity contribution in [3.05, 3.63) is 54.2 Å². The Bertz CT molecular complexity index is 797. The Kier molecular flexibility index (Phi) is 4.25. The SMILES string of the molecule is COc1ccc(-n2nnc(CN)c2-c2cccc(OC)c2)cc1. The van der Waals surface area contributed by atoms with E-state index in [1.165, 1.54) is 0 Å². The van der Waals surface area contributed by atoms with E-state index in [1.807, 2.05) is 48.5 Å². The van der Waals surface area contributed by atoms with E-state index in [9.17, 15) is 0 Å². The Balaban J connectivity index is 2.12. The Labute approximate surface area is 134 Å². The zero-order valence-corrected chi connectivity index (χ0v) is 13.1. The molecule has 2 N–H and O–H groups in total. The number of aromatic nitrogens is 3. The highest BCUT2D eigenvalue weighted by Crippen LogP contribution is 2.28. The van der Waals surface area contributed by atoms with Crippen LogP contribution in [0.4, 0.5) is 0 Å². The zero-order chi connectivity index (χ0) is 16.2. The second-order valence-electron chi connectivity index (χ2n) is 4.93. The molecule has 0 saturated heterocycles. The van der Waals surface area contributed by atoms with Crippen molar-refractivity contribution in [2.24, 2.45) is 5.73 Å². The minimum absolute atomic E-state index is 0.308. The summed E-state index contributed by atoms with van der Waals surface area (Å²) in [6.45, 7) is 0.308. The van der Waals surface area contributed by atoms with Gasteiger partial charge in [0.2, 0.25) is 0 Å². The van der Waals surface area contributed by atoms with Crippen LogP contribution >= 0.6 is 0 Å². The number of nitrogens with two attached hydrogens (primary N) is 1. The quantitative estimate of drug-likeness (QED) is 0.783. The average molecular weight is 310 g/mol. The Morgan fingerprint density at radius 3 is 2.39 bits per heavy atom. The van der Waals surface area contributed by atoms with Gasteiger partial charge in [-0.3, -0.25) is 0 Å². The van der Waals surface area contributed by atoms with E-state index in [0.717, 1.165) is 34.1 Å². The van der Waals surface area contributed by atoms with Crippen molar-refractivity contribution in [2.75, 3.05) is 14.2 Å². The Hall–Kier alpha value is -2.86. The third-order valence-corrected chi connectivity index (χ3v) is 3.59. The number of hydrogen-bond acceptors (Lipinski definition) is 5. The number of ether oxygens (including phenoxy) is 2. The molecule has 0 aliphatic carbocycles. The topological polar surface area (TPSA) is 75.2 Å². The molecule has 0 radical (unpaired) electrons. The number of methoxy groups -OCH3 is 2. The van der Waals surface area contributed by atoms with Crippen LogP contribution in [0.25, 0.3) is 16.9 Å². The summed E-state index contributed by atoms with van der Waals surface area (Å²) in [6, 6.07) is 15.4. The smallest absolute Gasteiger partial charge is 0.119 e. The summed E-state index contributed by atoms with van der Waals surface area (Å²) in [7, 11) is 3.28. The predicted octanol–water partition coefficient (Wildman–Crippen LogP) is 2.41. The molecule has 2 aromatic carbocycles. The molecule has 6 nitrogen and oxygen atoms in total. The maximum atomic E-state index is 5.83. The van der Waals surface area contributed by atoms with Gasteiger partial charge in [0.05, 0.1) is 25.6 Å². The minimum atomic E-state index is 0.308. The first-order valence-corrected chi connectivity index (χ1v) is 7.20. The summed E-state index contributed by atoms with van der Waals surface area (Å²) < 4.78 is 12.3. The first-order chi connectivity index (χ1) is 11.3. The van der Waals surface area contributed by atoms with Crippen LogP contribution in [0, 0.1) is 0 Å². The van der Waals surface area contributed by atoms with Crippen LogP contribution in [0.2, 0.25) is 0 Å². The van der Waals surface area contributed by atoms with Crippen LogP contribution in [0.1, 0.15) is 5.69 Å². The summed E-state index contributed by atoms with van der Waals surface area (Å²) >= 11 is 0. The summed E-state index contributed by atoms with van der Waals surface area (Å²) in [5.74, 6) is 1.56. The molecular formula is C17H18N4O2. The molecule has 118 valence electrons. The van der Waals surface area contributed by atoms with Gasteiger partial charge in [0.15, 0.2) is 0 Å². The van der Waals surface area contributed by atoms with Gasteiger partial charge in [-0.2, -0.15) is 0 Å². The van der Waals surface area contributed by atoms with E-state index in [1.54, 1.807) is 18.9 Å². The van der Waals surface area contributed by atoms with Crippen LogP contribution in [0.15, 0.2) is 48.5 Å². The monoisotopic (exact) mass is 310 g/mol. The third-order valence-electron chi connectivity index (χ3n) is 3.59. The molecular weight excluding hydrogens is 292 g/mol. The van der Waals surface area contributed by atoms with Crippen LogP contribution in [-0.4, -0.2) is 29.2 Å². The molecule has 3 aromatic rings. The van der Waals surface area contributed by atoms with Crippen LogP contribution < -0.4 is 15.2 Å². The standard InChI is InChI=1S/C17H18N4O2/c1-22-14-8-6-13(7-9-14)21-17(16(11-18)19-20-21)12-4-3-5-15(10-12)23-2/h3-10H,11,18H2,1-2H3. The van der Waals surface area contributed by atoms with Crippen LogP contribution in [0.5, 0.6) is 11.5 Å². The second kappa shape index (κ2) is 6.50. The van der Waals surface area contributed by atoms with E-state index in [4.69, 9.17) is 15.2 Å². The molecule has 0 unspecified atom stereocenters. The van der Waals surface area contributed by atoms with Gasteiger partial charge in [-0.15, -0.1) is 5.10 Å². The number of rotatable bonds is 5. The molecule has 3 rings (SSSR count). The zero-order valence-electron chi connectivity index (χ0n) is 13.1. The van der Waals surface area contributed by atoms with Gasteiger partial charge in [0.25, 0.3) is 0 Å². The normalized spacial score (nSPS) is 10.6. The minimum Gasteiger partial charge on any atom is -0.497 e. The average Bonchev–Trinajstić information content (AvgIpc) is 3.06. The van der Waals surface area contributed by atoms with Gasteiger partial charge in [-0.1, -0.05) is 17.3 Å². The highest BCUT2D eigenvalue weighted by molar-refractivity contribution is 5.66. The van der Waals surface area contributed by atoms with E-state index in [-0.39, 0.29) is 0 Å². The molecule has 0 bridgehead atoms. The lowest BCUT2D eigenvalue weighted by molar-refractivity contribution is 0.414. The highest BCUT2D eigenvalue weighted by atomic mass is 16.5. The van der Waals surface area contributed by atoms with Crippen molar-refractivity contribution in [3.63, 3.8) is 0 Å². The molecule has 1 heterocycles. The summed E-state index contributed by atoms with van der Waals surface area (Å²) in [5.41, 5.74) is 9.25. The molecule has 0 spiro atoms. The number of benzene rings is 2. The van der Waals surface area contributed by atoms with E-state index >= 15 is 0 Å². The lowest BCUT2D eigenvalue weighted by Gasteiger charge is -2.10. The Morgan fingerprint density at radius 2 is 1.74 bits per heavy atom. The first kappa shape index (κ1) is 15.1. The summed E-state index contributed by atoms with van der Waals surface area (Å²) in [4.78, 5) is 0. The molecule has 0 atom stereocenters. The maximum Gasteiger partial charge on any atom is 0.119 e. The van der Waals surface area contributed by atoms with Crippen LogP contribution in [-0.2, 0) is 6.54 Å². The largest absolute Gasteiger partial charge is 0.497 e. The summed E-state index contributed by atoms with van der Waals surface area (Å²) in [5, 5.41) is 8.45. The van der Waals surface area contributed by atoms with Crippen molar-refractivity contribution >= 4 is 0 Å². The second-order valence-corrected chi connectivity index (χ2v) is 4.93. The van der Waals surface area contributed by atoms with Crippen molar-refractivity contribution < 1.29 is 9.47 Å². The van der Waals surface area contributed by atoms with Crippen molar-refractivity contribution in [3.8, 4) is 28.4 Å². The lowest BCUT2D eigenvalue weighted by Crippen LogP contribution is -2.03.